The first-order valence-corrected chi connectivity index (χ1v) is 10.6. The van der Waals surface area contributed by atoms with Gasteiger partial charge in [-0.1, -0.05) is 65.2 Å². The van der Waals surface area contributed by atoms with Crippen LogP contribution in [0.2, 0.25) is 15.1 Å². The van der Waals surface area contributed by atoms with Gasteiger partial charge in [-0.05, 0) is 59.4 Å². The molecule has 2 aromatic carbocycles. The topological polar surface area (TPSA) is 24.1 Å². The monoisotopic (exact) mass is 492 g/mol. The van der Waals surface area contributed by atoms with Gasteiger partial charge in [0.2, 0.25) is 0 Å². The summed E-state index contributed by atoms with van der Waals surface area (Å²) in [5.74, 6) is -1.86. The van der Waals surface area contributed by atoms with Crippen molar-refractivity contribution in [2.24, 2.45) is 0 Å². The summed E-state index contributed by atoms with van der Waals surface area (Å²) in [6.45, 7) is 0. The zero-order chi connectivity index (χ0) is 22.1. The van der Waals surface area contributed by atoms with Crippen LogP contribution in [0.3, 0.4) is 0 Å². The molecule has 2 unspecified atom stereocenters. The minimum absolute atomic E-state index is 0.0163. The highest BCUT2D eigenvalue weighted by Gasteiger charge is 2.39. The fourth-order valence-corrected chi connectivity index (χ4v) is 4.25. The number of fused-ring (bicyclic) bond motifs is 1. The lowest BCUT2D eigenvalue weighted by atomic mass is 9.96. The smallest absolute Gasteiger partial charge is 0.366 e. The third-order valence-electron chi connectivity index (χ3n) is 4.98. The van der Waals surface area contributed by atoms with Crippen LogP contribution in [-0.2, 0) is 6.42 Å². The molecule has 1 aliphatic rings. The van der Waals surface area contributed by atoms with Crippen molar-refractivity contribution in [3.05, 3.63) is 73.7 Å². The fourth-order valence-electron chi connectivity index (χ4n) is 3.49. The highest BCUT2D eigenvalue weighted by Crippen LogP contribution is 2.41. The number of halogens is 6. The van der Waals surface area contributed by atoms with Gasteiger partial charge >= 0.3 is 6.18 Å². The highest BCUT2D eigenvalue weighted by molar-refractivity contribution is 7.80. The van der Waals surface area contributed by atoms with Crippen molar-refractivity contribution in [1.82, 2.24) is 10.6 Å². The van der Waals surface area contributed by atoms with Crippen LogP contribution in [0, 0.1) is 0 Å². The fraction of sp³-hybridized carbons (Fsp3) is 0.286. The third-order valence-corrected chi connectivity index (χ3v) is 6.50. The van der Waals surface area contributed by atoms with Crippen molar-refractivity contribution in [3.8, 4) is 0 Å². The standard InChI is InChI=1S/C21H18Cl3F3N2S/c1-28-20(30)29-18-7-4-12-8-11(2-5-14(12)18)3-6-15(21(25,26)27)13-9-16(22)19(24)17(23)10-13/h2-3,5-6,8-10,15,18H,4,7H2,1H3,(H2,28,29,30). The summed E-state index contributed by atoms with van der Waals surface area (Å²) in [5, 5.41) is 6.67. The Bertz CT molecular complexity index is 969. The number of allylic oxidation sites excluding steroid dienone is 1. The molecule has 0 aromatic heterocycles. The Hall–Kier alpha value is -1.47. The molecule has 0 spiro atoms. The SMILES string of the molecule is CNC(=S)NC1CCc2cc(C=CC(c3cc(Cl)c(Cl)c(Cl)c3)C(F)(F)F)ccc21. The van der Waals surface area contributed by atoms with Crippen LogP contribution in [0.25, 0.3) is 6.08 Å². The lowest BCUT2D eigenvalue weighted by Gasteiger charge is -2.18. The predicted molar refractivity (Wildman–Crippen MR) is 122 cm³/mol. The average Bonchev–Trinajstić information content (AvgIpc) is 3.07. The molecule has 0 saturated heterocycles. The molecule has 0 saturated carbocycles. The number of alkyl halides is 3. The van der Waals surface area contributed by atoms with E-state index in [1.807, 2.05) is 12.1 Å². The van der Waals surface area contributed by atoms with Crippen molar-refractivity contribution >= 4 is 58.2 Å². The number of hydrogen-bond donors (Lipinski definition) is 2. The van der Waals surface area contributed by atoms with Crippen molar-refractivity contribution < 1.29 is 13.2 Å². The molecular weight excluding hydrogens is 476 g/mol. The van der Waals surface area contributed by atoms with Gasteiger partial charge in [0.15, 0.2) is 5.11 Å². The molecule has 160 valence electrons. The molecule has 2 N–H and O–H groups in total. The largest absolute Gasteiger partial charge is 0.399 e. The maximum absolute atomic E-state index is 13.7. The molecule has 2 aromatic rings. The summed E-state index contributed by atoms with van der Waals surface area (Å²) in [4.78, 5) is 0. The van der Waals surface area contributed by atoms with E-state index in [0.29, 0.717) is 10.7 Å². The highest BCUT2D eigenvalue weighted by atomic mass is 35.5. The molecule has 0 amide bonds. The van der Waals surface area contributed by atoms with E-state index in [-0.39, 0.29) is 26.7 Å². The van der Waals surface area contributed by atoms with Crippen LogP contribution >= 0.6 is 47.0 Å². The van der Waals surface area contributed by atoms with Gasteiger partial charge in [-0.3, -0.25) is 0 Å². The van der Waals surface area contributed by atoms with Crippen LogP contribution in [0.1, 0.15) is 40.6 Å². The van der Waals surface area contributed by atoms with Gasteiger partial charge in [0.1, 0.15) is 0 Å². The summed E-state index contributed by atoms with van der Waals surface area (Å²) in [6.07, 6.45) is -0.235. The first kappa shape index (κ1) is 23.2. The van der Waals surface area contributed by atoms with Crippen molar-refractivity contribution in [3.63, 3.8) is 0 Å². The Kier molecular flexibility index (Phi) is 7.23. The number of thiocarbonyl (C=S) groups is 1. The molecule has 0 aliphatic heterocycles. The predicted octanol–water partition coefficient (Wildman–Crippen LogP) is 7.09. The summed E-state index contributed by atoms with van der Waals surface area (Å²) in [5.41, 5.74) is 2.82. The second kappa shape index (κ2) is 9.35. The lowest BCUT2D eigenvalue weighted by Crippen LogP contribution is -2.34. The van der Waals surface area contributed by atoms with Gasteiger partial charge in [0.05, 0.1) is 27.0 Å². The Balaban J connectivity index is 1.87. The molecule has 0 fully saturated rings. The first-order valence-electron chi connectivity index (χ1n) is 9.10. The second-order valence-electron chi connectivity index (χ2n) is 6.95. The molecule has 2 atom stereocenters. The minimum Gasteiger partial charge on any atom is -0.366 e. The Morgan fingerprint density at radius 2 is 1.83 bits per heavy atom. The van der Waals surface area contributed by atoms with Crippen LogP contribution < -0.4 is 10.6 Å². The van der Waals surface area contributed by atoms with Crippen molar-refractivity contribution in [2.75, 3.05) is 7.05 Å². The number of aryl methyl sites for hydroxylation is 1. The van der Waals surface area contributed by atoms with Crippen LogP contribution in [0.5, 0.6) is 0 Å². The van der Waals surface area contributed by atoms with E-state index in [1.165, 1.54) is 18.2 Å². The second-order valence-corrected chi connectivity index (χ2v) is 8.55. The Morgan fingerprint density at radius 3 is 2.43 bits per heavy atom. The quantitative estimate of drug-likeness (QED) is 0.351. The van der Waals surface area contributed by atoms with E-state index in [4.69, 9.17) is 47.0 Å². The molecule has 0 radical (unpaired) electrons. The first-order chi connectivity index (χ1) is 14.1. The van der Waals surface area contributed by atoms with Gasteiger partial charge in [-0.25, -0.2) is 0 Å². The zero-order valence-corrected chi connectivity index (χ0v) is 18.9. The molecule has 0 bridgehead atoms. The van der Waals surface area contributed by atoms with E-state index in [9.17, 15) is 13.2 Å². The van der Waals surface area contributed by atoms with E-state index < -0.39 is 12.1 Å². The molecule has 0 heterocycles. The van der Waals surface area contributed by atoms with E-state index in [0.717, 1.165) is 30.0 Å². The minimum atomic E-state index is -4.51. The molecule has 1 aliphatic carbocycles. The summed E-state index contributed by atoms with van der Waals surface area (Å²) in [6, 6.07) is 8.12. The number of hydrogen-bond acceptors (Lipinski definition) is 1. The summed E-state index contributed by atoms with van der Waals surface area (Å²) < 4.78 is 41.1. The van der Waals surface area contributed by atoms with Crippen LogP contribution in [0.4, 0.5) is 13.2 Å². The number of rotatable bonds is 4. The normalized spacial score (nSPS) is 17.1. The van der Waals surface area contributed by atoms with Gasteiger partial charge in [-0.2, -0.15) is 13.2 Å². The average molecular weight is 494 g/mol. The van der Waals surface area contributed by atoms with E-state index in [1.54, 1.807) is 13.1 Å². The third kappa shape index (κ3) is 5.22. The molecule has 30 heavy (non-hydrogen) atoms. The van der Waals surface area contributed by atoms with Crippen molar-refractivity contribution in [1.29, 1.82) is 0 Å². The maximum atomic E-state index is 13.7. The van der Waals surface area contributed by atoms with Gasteiger partial charge in [-0.15, -0.1) is 0 Å². The van der Waals surface area contributed by atoms with Gasteiger partial charge in [0, 0.05) is 7.05 Å². The van der Waals surface area contributed by atoms with E-state index in [2.05, 4.69) is 10.6 Å². The zero-order valence-electron chi connectivity index (χ0n) is 15.8. The number of nitrogens with one attached hydrogen (secondary N) is 2. The lowest BCUT2D eigenvalue weighted by molar-refractivity contribution is -0.139. The Labute approximate surface area is 193 Å². The maximum Gasteiger partial charge on any atom is 0.399 e. The van der Waals surface area contributed by atoms with Gasteiger partial charge < -0.3 is 10.6 Å². The molecule has 3 rings (SSSR count). The van der Waals surface area contributed by atoms with Crippen LogP contribution in [0.15, 0.2) is 36.4 Å². The number of benzene rings is 2. The molecular formula is C21H18Cl3F3N2S. The molecule has 2 nitrogen and oxygen atoms in total. The summed E-state index contributed by atoms with van der Waals surface area (Å²) >= 11 is 22.9. The molecule has 9 heteroatoms. The van der Waals surface area contributed by atoms with Crippen molar-refractivity contribution in [2.45, 2.75) is 31.0 Å². The van der Waals surface area contributed by atoms with Gasteiger partial charge in [0.25, 0.3) is 0 Å². The Morgan fingerprint density at radius 1 is 1.17 bits per heavy atom. The van der Waals surface area contributed by atoms with E-state index >= 15 is 0 Å². The summed E-state index contributed by atoms with van der Waals surface area (Å²) in [7, 11) is 1.75. The van der Waals surface area contributed by atoms with Crippen LogP contribution in [-0.4, -0.2) is 18.3 Å².